The molecule has 26 heavy (non-hydrogen) atoms. The van der Waals surface area contributed by atoms with Crippen LogP contribution in [0.25, 0.3) is 0 Å². The van der Waals surface area contributed by atoms with Gasteiger partial charge in [0.15, 0.2) is 5.69 Å². The molecule has 2 aromatic rings. The molecule has 0 aliphatic carbocycles. The molecule has 9 heteroatoms. The summed E-state index contributed by atoms with van der Waals surface area (Å²) in [5, 5.41) is 14.4. The van der Waals surface area contributed by atoms with Crippen molar-refractivity contribution in [3.63, 3.8) is 0 Å². The number of anilines is 1. The van der Waals surface area contributed by atoms with Gasteiger partial charge in [-0.15, -0.1) is 29.9 Å². The van der Waals surface area contributed by atoms with Crippen molar-refractivity contribution < 1.29 is 4.79 Å². The van der Waals surface area contributed by atoms with E-state index >= 15 is 0 Å². The largest absolute Gasteiger partial charge is 0.373 e. The van der Waals surface area contributed by atoms with Crippen LogP contribution in [0.15, 0.2) is 36.5 Å². The first-order valence-corrected chi connectivity index (χ1v) is 8.41. The number of hydrogen-bond acceptors (Lipinski definition) is 5. The van der Waals surface area contributed by atoms with Crippen LogP contribution in [0.3, 0.4) is 0 Å². The molecule has 2 N–H and O–H groups in total. The fourth-order valence-electron chi connectivity index (χ4n) is 2.87. The van der Waals surface area contributed by atoms with E-state index < -0.39 is 0 Å². The van der Waals surface area contributed by atoms with E-state index in [2.05, 4.69) is 25.8 Å². The molecule has 1 amide bonds. The molecule has 0 saturated carbocycles. The number of nitrogens with zero attached hydrogens (tertiary/aromatic N) is 4. The smallest absolute Gasteiger partial charge is 0.273 e. The predicted molar refractivity (Wildman–Crippen MR) is 108 cm³/mol. The zero-order chi connectivity index (χ0) is 16.8. The van der Waals surface area contributed by atoms with Crippen molar-refractivity contribution in [1.82, 2.24) is 25.6 Å². The number of amides is 1. The van der Waals surface area contributed by atoms with Crippen LogP contribution in [0, 0.1) is 0 Å². The summed E-state index contributed by atoms with van der Waals surface area (Å²) >= 11 is 0. The maximum Gasteiger partial charge on any atom is 0.273 e. The van der Waals surface area contributed by atoms with Gasteiger partial charge in [-0.1, -0.05) is 23.4 Å². The molecule has 1 aromatic heterocycles. The highest BCUT2D eigenvalue weighted by Gasteiger charge is 2.18. The second-order valence-corrected chi connectivity index (χ2v) is 6.08. The third kappa shape index (κ3) is 5.86. The summed E-state index contributed by atoms with van der Waals surface area (Å²) in [5.74, 6) is -0.170. The van der Waals surface area contributed by atoms with Crippen LogP contribution in [-0.4, -0.2) is 54.1 Å². The number of carbonyl (C=O) groups excluding carboxylic acids is 1. The van der Waals surface area contributed by atoms with Crippen molar-refractivity contribution in [2.24, 2.45) is 0 Å². The minimum Gasteiger partial charge on any atom is -0.373 e. The maximum atomic E-state index is 12.2. The van der Waals surface area contributed by atoms with Gasteiger partial charge in [0.1, 0.15) is 0 Å². The Balaban J connectivity index is 0.00000169. The zero-order valence-corrected chi connectivity index (χ0v) is 16.4. The summed E-state index contributed by atoms with van der Waals surface area (Å²) in [7, 11) is 2.01. The van der Waals surface area contributed by atoms with Gasteiger partial charge in [-0.3, -0.25) is 4.79 Å². The molecule has 2 heterocycles. The summed E-state index contributed by atoms with van der Waals surface area (Å²) in [5.41, 5.74) is 1.51. The van der Waals surface area contributed by atoms with Crippen LogP contribution in [0.1, 0.15) is 29.4 Å². The predicted octanol–water partition coefficient (Wildman–Crippen LogP) is 1.91. The van der Waals surface area contributed by atoms with Gasteiger partial charge in [-0.2, -0.15) is 0 Å². The number of halogens is 2. The normalized spacial score (nSPS) is 14.0. The van der Waals surface area contributed by atoms with E-state index in [1.54, 1.807) is 6.20 Å². The first-order valence-electron chi connectivity index (χ1n) is 8.41. The second kappa shape index (κ2) is 11.0. The highest BCUT2D eigenvalue weighted by atomic mass is 35.5. The molecule has 1 saturated heterocycles. The first-order chi connectivity index (χ1) is 11.7. The lowest BCUT2D eigenvalue weighted by atomic mass is 10.1. The molecule has 0 atom stereocenters. The number of para-hydroxylation sites is 1. The molecule has 3 rings (SSSR count). The molecule has 0 radical (unpaired) electrons. The number of likely N-dealkylation sites (N-methyl/N-ethyl adjacent to an activating group) is 1. The molecule has 1 aliphatic rings. The fourth-order valence-corrected chi connectivity index (χ4v) is 2.87. The maximum absolute atomic E-state index is 12.2. The molecule has 0 spiro atoms. The Morgan fingerprint density at radius 3 is 2.65 bits per heavy atom. The number of nitrogens with one attached hydrogen (secondary N) is 2. The second-order valence-electron chi connectivity index (χ2n) is 6.08. The van der Waals surface area contributed by atoms with Crippen LogP contribution >= 0.6 is 24.8 Å². The third-order valence-electron chi connectivity index (χ3n) is 4.36. The van der Waals surface area contributed by atoms with Gasteiger partial charge in [0.2, 0.25) is 0 Å². The molecule has 144 valence electrons. The van der Waals surface area contributed by atoms with E-state index in [-0.39, 0.29) is 30.7 Å². The number of carbonyl (C=O) groups is 1. The van der Waals surface area contributed by atoms with Gasteiger partial charge in [-0.05, 0) is 38.1 Å². The van der Waals surface area contributed by atoms with Crippen molar-refractivity contribution in [2.75, 3.05) is 38.1 Å². The van der Waals surface area contributed by atoms with E-state index in [0.29, 0.717) is 18.3 Å². The van der Waals surface area contributed by atoms with Crippen LogP contribution in [0.4, 0.5) is 5.69 Å². The number of aromatic nitrogens is 3. The quantitative estimate of drug-likeness (QED) is 0.774. The minimum atomic E-state index is -0.170. The van der Waals surface area contributed by atoms with Crippen molar-refractivity contribution in [3.05, 3.63) is 42.2 Å². The van der Waals surface area contributed by atoms with E-state index in [0.717, 1.165) is 38.2 Å². The molecule has 1 aromatic carbocycles. The van der Waals surface area contributed by atoms with Gasteiger partial charge in [0.25, 0.3) is 5.91 Å². The summed E-state index contributed by atoms with van der Waals surface area (Å²) in [6.45, 7) is 3.26. The van der Waals surface area contributed by atoms with E-state index in [1.807, 2.05) is 42.1 Å². The molecule has 0 unspecified atom stereocenters. The molecular formula is C17H26Cl2N6O. The summed E-state index contributed by atoms with van der Waals surface area (Å²) in [4.78, 5) is 14.3. The number of rotatable bonds is 6. The van der Waals surface area contributed by atoms with Crippen molar-refractivity contribution >= 4 is 36.4 Å². The fraction of sp³-hybridized carbons (Fsp3) is 0.471. The van der Waals surface area contributed by atoms with Crippen LogP contribution < -0.4 is 15.5 Å². The monoisotopic (exact) mass is 400 g/mol. The van der Waals surface area contributed by atoms with Crippen molar-refractivity contribution in [1.29, 1.82) is 0 Å². The summed E-state index contributed by atoms with van der Waals surface area (Å²) in [6, 6.07) is 10.4. The van der Waals surface area contributed by atoms with Gasteiger partial charge in [-0.25, -0.2) is 4.68 Å². The van der Waals surface area contributed by atoms with Gasteiger partial charge >= 0.3 is 0 Å². The van der Waals surface area contributed by atoms with Crippen LogP contribution in [0.5, 0.6) is 0 Å². The highest BCUT2D eigenvalue weighted by Crippen LogP contribution is 2.17. The Bertz CT molecular complexity index is 660. The standard InChI is InChI=1S/C17H24N6O.2ClH/c1-22(14-5-3-2-4-6-14)12-11-19-17(24)16-13-23(21-20-16)15-7-9-18-10-8-15;;/h2-6,13,15,18H,7-12H2,1H3,(H,19,24);2*1H. The Hall–Kier alpha value is -1.83. The lowest BCUT2D eigenvalue weighted by Crippen LogP contribution is -2.33. The average Bonchev–Trinajstić information content (AvgIpc) is 3.13. The molecular weight excluding hydrogens is 375 g/mol. The Kier molecular flexibility index (Phi) is 9.40. The minimum absolute atomic E-state index is 0. The number of benzene rings is 1. The van der Waals surface area contributed by atoms with Crippen molar-refractivity contribution in [2.45, 2.75) is 18.9 Å². The Morgan fingerprint density at radius 2 is 1.96 bits per heavy atom. The molecule has 1 fully saturated rings. The van der Waals surface area contributed by atoms with E-state index in [9.17, 15) is 4.79 Å². The Labute approximate surface area is 166 Å². The van der Waals surface area contributed by atoms with E-state index in [1.165, 1.54) is 0 Å². The van der Waals surface area contributed by atoms with E-state index in [4.69, 9.17) is 0 Å². The molecule has 7 nitrogen and oxygen atoms in total. The van der Waals surface area contributed by atoms with Crippen molar-refractivity contribution in [3.8, 4) is 0 Å². The van der Waals surface area contributed by atoms with Crippen LogP contribution in [-0.2, 0) is 0 Å². The van der Waals surface area contributed by atoms with Gasteiger partial charge in [0, 0.05) is 25.8 Å². The number of piperidine rings is 1. The first kappa shape index (κ1) is 22.2. The lowest BCUT2D eigenvalue weighted by Gasteiger charge is -2.22. The topological polar surface area (TPSA) is 75.1 Å². The average molecular weight is 401 g/mol. The molecule has 1 aliphatic heterocycles. The SMILES string of the molecule is CN(CCNC(=O)c1cn(C2CCNCC2)nn1)c1ccccc1.Cl.Cl. The third-order valence-corrected chi connectivity index (χ3v) is 4.36. The number of hydrogen-bond donors (Lipinski definition) is 2. The van der Waals surface area contributed by atoms with Gasteiger partial charge < -0.3 is 15.5 Å². The summed E-state index contributed by atoms with van der Waals surface area (Å²) in [6.07, 6.45) is 3.80. The Morgan fingerprint density at radius 1 is 1.27 bits per heavy atom. The van der Waals surface area contributed by atoms with Gasteiger partial charge in [0.05, 0.1) is 12.2 Å². The summed E-state index contributed by atoms with van der Waals surface area (Å²) < 4.78 is 1.83. The molecule has 0 bridgehead atoms. The zero-order valence-electron chi connectivity index (χ0n) is 14.8. The highest BCUT2D eigenvalue weighted by molar-refractivity contribution is 5.91. The van der Waals surface area contributed by atoms with Crippen LogP contribution in [0.2, 0.25) is 0 Å². The lowest BCUT2D eigenvalue weighted by molar-refractivity contribution is 0.0949.